The second-order valence-electron chi connectivity index (χ2n) is 5.42. The standard InChI is InChI=1S/C15H22N2O3S/c1-3-12(2)16-15(18)13-7-6-8-14(11-13)21(19,20)17-9-4-5-10-17/h6-8,11-12H,3-5,9-10H2,1-2H3,(H,16,18)/t12-/m1/s1. The first-order valence-electron chi connectivity index (χ1n) is 7.36. The quantitative estimate of drug-likeness (QED) is 0.904. The number of carbonyl (C=O) groups is 1. The van der Waals surface area contributed by atoms with Crippen molar-refractivity contribution in [2.75, 3.05) is 13.1 Å². The van der Waals surface area contributed by atoms with Gasteiger partial charge in [-0.25, -0.2) is 8.42 Å². The average molecular weight is 310 g/mol. The van der Waals surface area contributed by atoms with Crippen molar-refractivity contribution in [3.05, 3.63) is 29.8 Å². The van der Waals surface area contributed by atoms with Crippen molar-refractivity contribution >= 4 is 15.9 Å². The molecule has 1 heterocycles. The van der Waals surface area contributed by atoms with E-state index in [0.29, 0.717) is 18.7 Å². The van der Waals surface area contributed by atoms with Crippen LogP contribution in [-0.2, 0) is 10.0 Å². The van der Waals surface area contributed by atoms with Gasteiger partial charge in [0.15, 0.2) is 0 Å². The lowest BCUT2D eigenvalue weighted by atomic mass is 10.2. The first kappa shape index (κ1) is 16.0. The maximum Gasteiger partial charge on any atom is 0.251 e. The van der Waals surface area contributed by atoms with E-state index in [0.717, 1.165) is 19.3 Å². The van der Waals surface area contributed by atoms with Gasteiger partial charge in [0.05, 0.1) is 4.90 Å². The van der Waals surface area contributed by atoms with E-state index in [2.05, 4.69) is 5.32 Å². The zero-order chi connectivity index (χ0) is 15.5. The van der Waals surface area contributed by atoms with Crippen LogP contribution in [0.3, 0.4) is 0 Å². The second-order valence-corrected chi connectivity index (χ2v) is 7.36. The zero-order valence-corrected chi connectivity index (χ0v) is 13.3. The summed E-state index contributed by atoms with van der Waals surface area (Å²) < 4.78 is 26.4. The fraction of sp³-hybridized carbons (Fsp3) is 0.533. The Labute approximate surface area is 126 Å². The molecule has 1 aromatic carbocycles. The summed E-state index contributed by atoms with van der Waals surface area (Å²) in [5.41, 5.74) is 0.385. The maximum absolute atomic E-state index is 12.5. The van der Waals surface area contributed by atoms with Crippen molar-refractivity contribution in [2.24, 2.45) is 0 Å². The highest BCUT2D eigenvalue weighted by molar-refractivity contribution is 7.89. The summed E-state index contributed by atoms with van der Waals surface area (Å²) in [6.07, 6.45) is 2.62. The molecule has 0 unspecified atom stereocenters. The topological polar surface area (TPSA) is 66.5 Å². The lowest BCUT2D eigenvalue weighted by Gasteiger charge is -2.16. The fourth-order valence-electron chi connectivity index (χ4n) is 2.28. The average Bonchev–Trinajstić information content (AvgIpc) is 3.02. The highest BCUT2D eigenvalue weighted by Crippen LogP contribution is 2.21. The molecule has 116 valence electrons. The van der Waals surface area contributed by atoms with Crippen molar-refractivity contribution in [3.8, 4) is 0 Å². The number of nitrogens with one attached hydrogen (secondary N) is 1. The summed E-state index contributed by atoms with van der Waals surface area (Å²) in [5, 5.41) is 2.85. The van der Waals surface area contributed by atoms with Crippen LogP contribution in [0.5, 0.6) is 0 Å². The number of nitrogens with zero attached hydrogens (tertiary/aromatic N) is 1. The molecule has 1 aliphatic heterocycles. The van der Waals surface area contributed by atoms with Crippen molar-refractivity contribution in [2.45, 2.75) is 44.0 Å². The SMILES string of the molecule is CC[C@@H](C)NC(=O)c1cccc(S(=O)(=O)N2CCCC2)c1. The van der Waals surface area contributed by atoms with Crippen LogP contribution in [0.1, 0.15) is 43.5 Å². The van der Waals surface area contributed by atoms with Crippen LogP contribution in [0.25, 0.3) is 0 Å². The van der Waals surface area contributed by atoms with Crippen LogP contribution < -0.4 is 5.32 Å². The molecule has 6 heteroatoms. The summed E-state index contributed by atoms with van der Waals surface area (Å²) in [6.45, 7) is 5.03. The van der Waals surface area contributed by atoms with E-state index >= 15 is 0 Å². The fourth-order valence-corrected chi connectivity index (χ4v) is 3.85. The van der Waals surface area contributed by atoms with Gasteiger partial charge in [-0.2, -0.15) is 4.31 Å². The summed E-state index contributed by atoms with van der Waals surface area (Å²) >= 11 is 0. The molecule has 1 N–H and O–H groups in total. The smallest absolute Gasteiger partial charge is 0.251 e. The van der Waals surface area contributed by atoms with Crippen LogP contribution in [0.4, 0.5) is 0 Å². The largest absolute Gasteiger partial charge is 0.350 e. The Kier molecular flexibility index (Phi) is 5.00. The monoisotopic (exact) mass is 310 g/mol. The predicted molar refractivity (Wildman–Crippen MR) is 81.7 cm³/mol. The molecule has 1 fully saturated rings. The van der Waals surface area contributed by atoms with Crippen LogP contribution in [-0.4, -0.2) is 37.8 Å². The lowest BCUT2D eigenvalue weighted by Crippen LogP contribution is -2.32. The van der Waals surface area contributed by atoms with Gasteiger partial charge in [0.2, 0.25) is 10.0 Å². The molecular weight excluding hydrogens is 288 g/mol. The van der Waals surface area contributed by atoms with Gasteiger partial charge in [-0.3, -0.25) is 4.79 Å². The number of amides is 1. The predicted octanol–water partition coefficient (Wildman–Crippen LogP) is 2.00. The van der Waals surface area contributed by atoms with Crippen LogP contribution in [0.15, 0.2) is 29.2 Å². The van der Waals surface area contributed by atoms with E-state index in [1.165, 1.54) is 10.4 Å². The third kappa shape index (κ3) is 3.63. The first-order chi connectivity index (χ1) is 9.95. The van der Waals surface area contributed by atoms with Gasteiger partial charge >= 0.3 is 0 Å². The van der Waals surface area contributed by atoms with Gasteiger partial charge in [0.1, 0.15) is 0 Å². The van der Waals surface area contributed by atoms with Crippen LogP contribution >= 0.6 is 0 Å². The number of sulfonamides is 1. The summed E-state index contributed by atoms with van der Waals surface area (Å²) in [6, 6.07) is 6.34. The van der Waals surface area contributed by atoms with Gasteiger partial charge in [-0.15, -0.1) is 0 Å². The molecule has 1 aromatic rings. The molecule has 0 aliphatic carbocycles. The number of carbonyl (C=O) groups excluding carboxylic acids is 1. The van der Waals surface area contributed by atoms with Gasteiger partial charge in [0, 0.05) is 24.7 Å². The third-order valence-corrected chi connectivity index (χ3v) is 5.68. The Balaban J connectivity index is 2.23. The van der Waals surface area contributed by atoms with Gasteiger partial charge in [-0.05, 0) is 44.4 Å². The van der Waals surface area contributed by atoms with Crippen molar-refractivity contribution in [1.82, 2.24) is 9.62 Å². The van der Waals surface area contributed by atoms with E-state index in [4.69, 9.17) is 0 Å². The molecular formula is C15H22N2O3S. The number of hydrogen-bond donors (Lipinski definition) is 1. The zero-order valence-electron chi connectivity index (χ0n) is 12.5. The number of hydrogen-bond acceptors (Lipinski definition) is 3. The molecule has 21 heavy (non-hydrogen) atoms. The molecule has 0 radical (unpaired) electrons. The Morgan fingerprint density at radius 3 is 2.62 bits per heavy atom. The summed E-state index contributed by atoms with van der Waals surface area (Å²) in [7, 11) is -3.48. The highest BCUT2D eigenvalue weighted by Gasteiger charge is 2.27. The minimum absolute atomic E-state index is 0.0661. The molecule has 1 saturated heterocycles. The van der Waals surface area contributed by atoms with Crippen molar-refractivity contribution in [3.63, 3.8) is 0 Å². The van der Waals surface area contributed by atoms with Crippen LogP contribution in [0.2, 0.25) is 0 Å². The van der Waals surface area contributed by atoms with Gasteiger partial charge in [0.25, 0.3) is 5.91 Å². The Morgan fingerprint density at radius 2 is 2.00 bits per heavy atom. The molecule has 5 nitrogen and oxygen atoms in total. The first-order valence-corrected chi connectivity index (χ1v) is 8.80. The Morgan fingerprint density at radius 1 is 1.33 bits per heavy atom. The van der Waals surface area contributed by atoms with E-state index in [1.807, 2.05) is 13.8 Å². The third-order valence-electron chi connectivity index (χ3n) is 3.79. The molecule has 0 bridgehead atoms. The normalized spacial score (nSPS) is 17.6. The minimum Gasteiger partial charge on any atom is -0.350 e. The summed E-state index contributed by atoms with van der Waals surface area (Å²) in [4.78, 5) is 12.3. The Bertz CT molecular complexity index is 607. The molecule has 1 aliphatic rings. The second kappa shape index (κ2) is 6.58. The van der Waals surface area contributed by atoms with E-state index in [9.17, 15) is 13.2 Å². The summed E-state index contributed by atoms with van der Waals surface area (Å²) in [5.74, 6) is -0.233. The lowest BCUT2D eigenvalue weighted by molar-refractivity contribution is 0.0939. The highest BCUT2D eigenvalue weighted by atomic mass is 32.2. The molecule has 0 saturated carbocycles. The van der Waals surface area contributed by atoms with E-state index in [1.54, 1.807) is 18.2 Å². The maximum atomic E-state index is 12.5. The molecule has 0 aromatic heterocycles. The molecule has 1 atom stereocenters. The molecule has 1 amide bonds. The number of rotatable bonds is 5. The van der Waals surface area contributed by atoms with Gasteiger partial charge < -0.3 is 5.32 Å². The van der Waals surface area contributed by atoms with Gasteiger partial charge in [-0.1, -0.05) is 13.0 Å². The van der Waals surface area contributed by atoms with Crippen LogP contribution in [0, 0.1) is 0 Å². The van der Waals surface area contributed by atoms with E-state index < -0.39 is 10.0 Å². The van der Waals surface area contributed by atoms with E-state index in [-0.39, 0.29) is 16.8 Å². The molecule has 0 spiro atoms. The van der Waals surface area contributed by atoms with Crippen molar-refractivity contribution < 1.29 is 13.2 Å². The number of benzene rings is 1. The Hall–Kier alpha value is -1.40. The minimum atomic E-state index is -3.48. The molecule has 2 rings (SSSR count). The van der Waals surface area contributed by atoms with Crippen molar-refractivity contribution in [1.29, 1.82) is 0 Å².